The molecule has 2 unspecified atom stereocenters. The van der Waals surface area contributed by atoms with Crippen molar-refractivity contribution in [2.75, 3.05) is 37.8 Å². The Balaban J connectivity index is 2.26. The van der Waals surface area contributed by atoms with Gasteiger partial charge in [0, 0.05) is 25.2 Å². The van der Waals surface area contributed by atoms with Crippen molar-refractivity contribution in [3.05, 3.63) is 22.4 Å². The average molecular weight is 316 g/mol. The highest BCUT2D eigenvalue weighted by Crippen LogP contribution is 2.33. The number of hydrogen-bond donors (Lipinski definition) is 1. The van der Waals surface area contributed by atoms with Gasteiger partial charge >= 0.3 is 0 Å². The maximum atomic E-state index is 13.4. The first-order valence-electron chi connectivity index (χ1n) is 6.06. The molecular weight excluding hydrogens is 297 g/mol. The highest BCUT2D eigenvalue weighted by atomic mass is 79.9. The minimum absolute atomic E-state index is 0.312. The number of rotatable bonds is 2. The molecule has 0 amide bonds. The zero-order chi connectivity index (χ0) is 13.4. The Morgan fingerprint density at radius 1 is 1.39 bits per heavy atom. The topological polar surface area (TPSA) is 32.5 Å². The summed E-state index contributed by atoms with van der Waals surface area (Å²) < 4.78 is 13.8. The van der Waals surface area contributed by atoms with Crippen LogP contribution in [0.5, 0.6) is 0 Å². The van der Waals surface area contributed by atoms with Gasteiger partial charge in [0.15, 0.2) is 0 Å². The third-order valence-electron chi connectivity index (χ3n) is 3.65. The van der Waals surface area contributed by atoms with E-state index in [0.717, 1.165) is 18.8 Å². The molecular formula is C13H19BrFN3. The van der Waals surface area contributed by atoms with E-state index in [2.05, 4.69) is 46.7 Å². The molecule has 1 saturated heterocycles. The monoisotopic (exact) mass is 315 g/mol. The standard InChI is InChI=1S/C13H19BrFN3/c1-8-6-18(7-13(8)17(2)3)12-4-9(14)10(15)5-11(12)16/h4-5,8,13H,6-7,16H2,1-3H3. The SMILES string of the molecule is CC1CN(c2cc(Br)c(F)cc2N)CC1N(C)C. The van der Waals surface area contributed by atoms with E-state index in [0.29, 0.717) is 22.1 Å². The van der Waals surface area contributed by atoms with Crippen molar-refractivity contribution in [1.82, 2.24) is 4.90 Å². The predicted octanol–water partition coefficient (Wildman–Crippen LogP) is 2.56. The molecule has 1 aromatic carbocycles. The highest BCUT2D eigenvalue weighted by molar-refractivity contribution is 9.10. The fourth-order valence-corrected chi connectivity index (χ4v) is 2.98. The summed E-state index contributed by atoms with van der Waals surface area (Å²) in [5.41, 5.74) is 7.34. The first kappa shape index (κ1) is 13.6. The van der Waals surface area contributed by atoms with Crippen LogP contribution in [0, 0.1) is 11.7 Å². The van der Waals surface area contributed by atoms with Crippen molar-refractivity contribution >= 4 is 27.3 Å². The Morgan fingerprint density at radius 3 is 2.61 bits per heavy atom. The molecule has 3 nitrogen and oxygen atoms in total. The summed E-state index contributed by atoms with van der Waals surface area (Å²) in [7, 11) is 4.18. The van der Waals surface area contributed by atoms with Gasteiger partial charge in [0.2, 0.25) is 0 Å². The second kappa shape index (κ2) is 5.05. The first-order valence-corrected chi connectivity index (χ1v) is 6.85. The Morgan fingerprint density at radius 2 is 2.06 bits per heavy atom. The molecule has 1 aliphatic rings. The summed E-state index contributed by atoms with van der Waals surface area (Å²) in [4.78, 5) is 4.47. The summed E-state index contributed by atoms with van der Waals surface area (Å²) >= 11 is 3.22. The first-order chi connectivity index (χ1) is 8.40. The van der Waals surface area contributed by atoms with Gasteiger partial charge in [0.1, 0.15) is 5.82 Å². The van der Waals surface area contributed by atoms with Gasteiger partial charge in [-0.25, -0.2) is 4.39 Å². The van der Waals surface area contributed by atoms with Gasteiger partial charge in [-0.05, 0) is 42.0 Å². The molecule has 100 valence electrons. The number of nitrogens with two attached hydrogens (primary N) is 1. The molecule has 2 atom stereocenters. The van der Waals surface area contributed by atoms with Gasteiger partial charge in [-0.1, -0.05) is 6.92 Å². The molecule has 1 aliphatic heterocycles. The van der Waals surface area contributed by atoms with Crippen LogP contribution < -0.4 is 10.6 Å². The fraction of sp³-hybridized carbons (Fsp3) is 0.538. The lowest BCUT2D eigenvalue weighted by molar-refractivity contribution is 0.266. The zero-order valence-corrected chi connectivity index (χ0v) is 12.5. The van der Waals surface area contributed by atoms with Gasteiger partial charge in [0.25, 0.3) is 0 Å². The molecule has 0 saturated carbocycles. The van der Waals surface area contributed by atoms with Crippen molar-refractivity contribution in [3.8, 4) is 0 Å². The van der Waals surface area contributed by atoms with E-state index < -0.39 is 0 Å². The van der Waals surface area contributed by atoms with Crippen molar-refractivity contribution in [2.45, 2.75) is 13.0 Å². The van der Waals surface area contributed by atoms with Crippen molar-refractivity contribution in [2.24, 2.45) is 5.92 Å². The van der Waals surface area contributed by atoms with Crippen LogP contribution in [-0.4, -0.2) is 38.1 Å². The maximum Gasteiger partial charge on any atom is 0.139 e. The zero-order valence-electron chi connectivity index (χ0n) is 11.0. The van der Waals surface area contributed by atoms with Crippen LogP contribution in [0.25, 0.3) is 0 Å². The van der Waals surface area contributed by atoms with E-state index in [1.807, 2.05) is 0 Å². The average Bonchev–Trinajstić information content (AvgIpc) is 2.65. The van der Waals surface area contributed by atoms with Crippen molar-refractivity contribution in [1.29, 1.82) is 0 Å². The second-order valence-corrected chi connectivity index (χ2v) is 6.09. The van der Waals surface area contributed by atoms with E-state index in [-0.39, 0.29) is 5.82 Å². The number of hydrogen-bond acceptors (Lipinski definition) is 3. The van der Waals surface area contributed by atoms with Crippen LogP contribution in [-0.2, 0) is 0 Å². The normalized spacial score (nSPS) is 24.0. The van der Waals surface area contributed by atoms with Crippen LogP contribution in [0.2, 0.25) is 0 Å². The molecule has 2 N–H and O–H groups in total. The minimum Gasteiger partial charge on any atom is -0.397 e. The predicted molar refractivity (Wildman–Crippen MR) is 77.4 cm³/mol. The molecule has 5 heteroatoms. The fourth-order valence-electron chi connectivity index (χ4n) is 2.64. The number of nitrogens with zero attached hydrogens (tertiary/aromatic N) is 2. The Labute approximate surface area is 116 Å². The molecule has 1 fully saturated rings. The summed E-state index contributed by atoms with van der Waals surface area (Å²) in [6.45, 7) is 4.11. The maximum absolute atomic E-state index is 13.4. The molecule has 0 spiro atoms. The van der Waals surface area contributed by atoms with Crippen LogP contribution in [0.3, 0.4) is 0 Å². The largest absolute Gasteiger partial charge is 0.397 e. The molecule has 0 bridgehead atoms. The Bertz CT molecular complexity index is 450. The van der Waals surface area contributed by atoms with Crippen LogP contribution in [0.4, 0.5) is 15.8 Å². The molecule has 0 aromatic heterocycles. The van der Waals surface area contributed by atoms with E-state index in [9.17, 15) is 4.39 Å². The van der Waals surface area contributed by atoms with Gasteiger partial charge in [-0.15, -0.1) is 0 Å². The van der Waals surface area contributed by atoms with Gasteiger partial charge < -0.3 is 15.5 Å². The lowest BCUT2D eigenvalue weighted by atomic mass is 10.1. The van der Waals surface area contributed by atoms with E-state index in [4.69, 9.17) is 5.73 Å². The van der Waals surface area contributed by atoms with E-state index in [1.54, 1.807) is 6.07 Å². The minimum atomic E-state index is -0.312. The lowest BCUT2D eigenvalue weighted by Gasteiger charge is -2.23. The third-order valence-corrected chi connectivity index (χ3v) is 4.25. The Hall–Kier alpha value is -0.810. The van der Waals surface area contributed by atoms with E-state index in [1.165, 1.54) is 6.07 Å². The quantitative estimate of drug-likeness (QED) is 0.851. The Kier molecular flexibility index (Phi) is 3.82. The van der Waals surface area contributed by atoms with Gasteiger partial charge in [0.05, 0.1) is 15.8 Å². The van der Waals surface area contributed by atoms with Crippen LogP contribution in [0.1, 0.15) is 6.92 Å². The smallest absolute Gasteiger partial charge is 0.139 e. The summed E-state index contributed by atoms with van der Waals surface area (Å²) in [5.74, 6) is 0.260. The molecule has 18 heavy (non-hydrogen) atoms. The third kappa shape index (κ3) is 2.47. The highest BCUT2D eigenvalue weighted by Gasteiger charge is 2.32. The number of halogens is 2. The number of anilines is 2. The summed E-state index contributed by atoms with van der Waals surface area (Å²) in [6, 6.07) is 3.66. The number of benzene rings is 1. The van der Waals surface area contributed by atoms with Crippen LogP contribution in [0.15, 0.2) is 16.6 Å². The number of nitrogen functional groups attached to an aromatic ring is 1. The lowest BCUT2D eigenvalue weighted by Crippen LogP contribution is -2.34. The summed E-state index contributed by atoms with van der Waals surface area (Å²) in [5, 5.41) is 0. The summed E-state index contributed by atoms with van der Waals surface area (Å²) in [6.07, 6.45) is 0. The second-order valence-electron chi connectivity index (χ2n) is 5.24. The molecule has 0 aliphatic carbocycles. The van der Waals surface area contributed by atoms with Crippen molar-refractivity contribution < 1.29 is 4.39 Å². The molecule has 1 aromatic rings. The number of likely N-dealkylation sites (N-methyl/N-ethyl adjacent to an activating group) is 1. The molecule has 1 heterocycles. The van der Waals surface area contributed by atoms with Crippen molar-refractivity contribution in [3.63, 3.8) is 0 Å². The van der Waals surface area contributed by atoms with E-state index >= 15 is 0 Å². The molecule has 0 radical (unpaired) electrons. The van der Waals surface area contributed by atoms with Gasteiger partial charge in [-0.2, -0.15) is 0 Å². The van der Waals surface area contributed by atoms with Gasteiger partial charge in [-0.3, -0.25) is 0 Å². The molecule has 2 rings (SSSR count). The van der Waals surface area contributed by atoms with Crippen LogP contribution >= 0.6 is 15.9 Å².